The molecule has 0 radical (unpaired) electrons. The number of benzene rings is 1. The number of ether oxygens (including phenoxy) is 1. The van der Waals surface area contributed by atoms with E-state index < -0.39 is 6.10 Å². The van der Waals surface area contributed by atoms with E-state index in [2.05, 4.69) is 11.9 Å². The molecule has 1 atom stereocenters. The maximum absolute atomic E-state index is 12.6. The molecule has 0 saturated carbocycles. The Balaban J connectivity index is 1.72. The molecule has 6 heteroatoms. The number of thiophene rings is 1. The van der Waals surface area contributed by atoms with Crippen molar-refractivity contribution in [3.63, 3.8) is 0 Å². The molecule has 0 aliphatic rings. The van der Waals surface area contributed by atoms with Crippen LogP contribution in [0.3, 0.4) is 0 Å². The highest BCUT2D eigenvalue weighted by Crippen LogP contribution is 2.23. The van der Waals surface area contributed by atoms with Crippen LogP contribution in [0.2, 0.25) is 0 Å². The van der Waals surface area contributed by atoms with Gasteiger partial charge in [0.25, 0.3) is 5.56 Å². The molecular weight excluding hydrogens is 336 g/mol. The summed E-state index contributed by atoms with van der Waals surface area (Å²) in [6.45, 7) is 6.28. The van der Waals surface area contributed by atoms with Crippen molar-refractivity contribution in [1.29, 1.82) is 0 Å². The Morgan fingerprint density at radius 3 is 2.72 bits per heavy atom. The topological polar surface area (TPSA) is 64.4 Å². The third-order valence-corrected chi connectivity index (χ3v) is 5.34. The Bertz CT molecular complexity index is 925. The summed E-state index contributed by atoms with van der Waals surface area (Å²) in [4.78, 5) is 18.8. The number of hydrogen-bond donors (Lipinski definition) is 1. The number of rotatable bonds is 6. The molecule has 25 heavy (non-hydrogen) atoms. The second-order valence-corrected chi connectivity index (χ2v) is 7.29. The predicted octanol–water partition coefficient (Wildman–Crippen LogP) is 3.08. The van der Waals surface area contributed by atoms with E-state index in [0.717, 1.165) is 33.0 Å². The van der Waals surface area contributed by atoms with Gasteiger partial charge in [0.1, 0.15) is 23.3 Å². The van der Waals surface area contributed by atoms with Crippen LogP contribution in [0.25, 0.3) is 10.2 Å². The van der Waals surface area contributed by atoms with Crippen LogP contribution in [0.5, 0.6) is 5.75 Å². The second-order valence-electron chi connectivity index (χ2n) is 6.17. The molecule has 3 rings (SSSR count). The quantitative estimate of drug-likeness (QED) is 0.735. The van der Waals surface area contributed by atoms with Crippen LogP contribution in [0, 0.1) is 13.8 Å². The minimum absolute atomic E-state index is 0.118. The van der Waals surface area contributed by atoms with Crippen molar-refractivity contribution < 1.29 is 9.84 Å². The maximum atomic E-state index is 12.6. The number of aromatic nitrogens is 2. The molecule has 0 spiro atoms. The van der Waals surface area contributed by atoms with E-state index in [0.29, 0.717) is 5.39 Å². The van der Waals surface area contributed by atoms with Crippen LogP contribution in [-0.2, 0) is 13.0 Å². The summed E-state index contributed by atoms with van der Waals surface area (Å²) in [6.07, 6.45) is 1.59. The zero-order valence-corrected chi connectivity index (χ0v) is 15.5. The molecule has 2 aromatic heterocycles. The third kappa shape index (κ3) is 3.75. The normalized spacial score (nSPS) is 12.5. The molecule has 3 aromatic rings. The number of hydrogen-bond acceptors (Lipinski definition) is 5. The fourth-order valence-corrected chi connectivity index (χ4v) is 3.73. The summed E-state index contributed by atoms with van der Waals surface area (Å²) in [7, 11) is 0. The molecule has 2 heterocycles. The van der Waals surface area contributed by atoms with Gasteiger partial charge < -0.3 is 9.84 Å². The standard InChI is InChI=1S/C19H22N2O3S/c1-4-15-8-16-18(25-15)20-11-21(19(16)23)9-14(22)10-24-17-12(2)6-5-7-13(17)3/h5-8,11,14,22H,4,9-10H2,1-3H3/t14-/m0/s1. The van der Waals surface area contributed by atoms with E-state index in [1.807, 2.05) is 38.1 Å². The SMILES string of the molecule is CCc1cc2c(=O)n(C[C@H](O)COc3c(C)cccc3C)cnc2s1. The van der Waals surface area contributed by atoms with Crippen LogP contribution in [-0.4, -0.2) is 27.4 Å². The van der Waals surface area contributed by atoms with Crippen LogP contribution in [0.1, 0.15) is 22.9 Å². The summed E-state index contributed by atoms with van der Waals surface area (Å²) < 4.78 is 7.22. The molecule has 0 aliphatic heterocycles. The van der Waals surface area contributed by atoms with Gasteiger partial charge in [-0.15, -0.1) is 11.3 Å². The average molecular weight is 358 g/mol. The van der Waals surface area contributed by atoms with Gasteiger partial charge in [0.15, 0.2) is 0 Å². The zero-order chi connectivity index (χ0) is 18.0. The van der Waals surface area contributed by atoms with Gasteiger partial charge in [0, 0.05) is 4.88 Å². The lowest BCUT2D eigenvalue weighted by Gasteiger charge is -2.16. The van der Waals surface area contributed by atoms with Crippen molar-refractivity contribution in [1.82, 2.24) is 9.55 Å². The van der Waals surface area contributed by atoms with Crippen LogP contribution in [0.15, 0.2) is 35.4 Å². The first-order valence-corrected chi connectivity index (χ1v) is 9.16. The maximum Gasteiger partial charge on any atom is 0.262 e. The molecule has 0 aliphatic carbocycles. The number of aliphatic hydroxyl groups is 1. The Morgan fingerprint density at radius 1 is 1.32 bits per heavy atom. The molecule has 5 nitrogen and oxygen atoms in total. The van der Waals surface area contributed by atoms with E-state index in [-0.39, 0.29) is 18.7 Å². The Labute approximate surface area is 150 Å². The Morgan fingerprint density at radius 2 is 2.04 bits per heavy atom. The van der Waals surface area contributed by atoms with Gasteiger partial charge in [-0.25, -0.2) is 4.98 Å². The van der Waals surface area contributed by atoms with Gasteiger partial charge in [0.05, 0.1) is 18.3 Å². The van der Waals surface area contributed by atoms with Gasteiger partial charge in [-0.05, 0) is 37.5 Å². The van der Waals surface area contributed by atoms with Gasteiger partial charge in [-0.3, -0.25) is 9.36 Å². The number of aliphatic hydroxyl groups excluding tert-OH is 1. The highest BCUT2D eigenvalue weighted by molar-refractivity contribution is 7.18. The Kier molecular flexibility index (Phi) is 5.20. The lowest BCUT2D eigenvalue weighted by atomic mass is 10.1. The molecule has 0 unspecified atom stereocenters. The second kappa shape index (κ2) is 7.37. The summed E-state index contributed by atoms with van der Waals surface area (Å²) in [6, 6.07) is 7.81. The van der Waals surface area contributed by atoms with E-state index in [4.69, 9.17) is 4.74 Å². The Hall–Kier alpha value is -2.18. The van der Waals surface area contributed by atoms with Crippen molar-refractivity contribution in [3.05, 3.63) is 57.0 Å². The van der Waals surface area contributed by atoms with Crippen LogP contribution < -0.4 is 10.3 Å². The lowest BCUT2D eigenvalue weighted by molar-refractivity contribution is 0.0908. The van der Waals surface area contributed by atoms with Crippen molar-refractivity contribution >= 4 is 21.6 Å². The molecule has 0 amide bonds. The van der Waals surface area contributed by atoms with Gasteiger partial charge in [-0.2, -0.15) is 0 Å². The average Bonchev–Trinajstić information content (AvgIpc) is 3.01. The first kappa shape index (κ1) is 17.6. The summed E-state index contributed by atoms with van der Waals surface area (Å²) in [5.74, 6) is 0.785. The smallest absolute Gasteiger partial charge is 0.262 e. The first-order chi connectivity index (χ1) is 12.0. The minimum atomic E-state index is -0.791. The monoisotopic (exact) mass is 358 g/mol. The summed E-state index contributed by atoms with van der Waals surface area (Å²) in [5.41, 5.74) is 1.93. The molecule has 0 fully saturated rings. The summed E-state index contributed by atoms with van der Waals surface area (Å²) >= 11 is 1.54. The van der Waals surface area contributed by atoms with Crippen molar-refractivity contribution in [2.45, 2.75) is 39.8 Å². The largest absolute Gasteiger partial charge is 0.490 e. The highest BCUT2D eigenvalue weighted by Gasteiger charge is 2.13. The van der Waals surface area contributed by atoms with E-state index in [1.54, 1.807) is 0 Å². The van der Waals surface area contributed by atoms with Crippen LogP contribution >= 0.6 is 11.3 Å². The zero-order valence-electron chi connectivity index (χ0n) is 14.7. The van der Waals surface area contributed by atoms with E-state index in [1.165, 1.54) is 22.2 Å². The van der Waals surface area contributed by atoms with Gasteiger partial charge >= 0.3 is 0 Å². The van der Waals surface area contributed by atoms with Crippen molar-refractivity contribution in [2.75, 3.05) is 6.61 Å². The first-order valence-electron chi connectivity index (χ1n) is 8.34. The third-order valence-electron chi connectivity index (χ3n) is 4.15. The van der Waals surface area contributed by atoms with Crippen molar-refractivity contribution in [2.24, 2.45) is 0 Å². The van der Waals surface area contributed by atoms with Gasteiger partial charge in [0.2, 0.25) is 0 Å². The fraction of sp³-hybridized carbons (Fsp3) is 0.368. The number of para-hydroxylation sites is 1. The van der Waals surface area contributed by atoms with Crippen LogP contribution in [0.4, 0.5) is 0 Å². The van der Waals surface area contributed by atoms with Crippen molar-refractivity contribution in [3.8, 4) is 5.75 Å². The highest BCUT2D eigenvalue weighted by atomic mass is 32.1. The van der Waals surface area contributed by atoms with E-state index in [9.17, 15) is 9.90 Å². The molecule has 0 saturated heterocycles. The molecule has 1 aromatic carbocycles. The minimum Gasteiger partial charge on any atom is -0.490 e. The lowest BCUT2D eigenvalue weighted by Crippen LogP contribution is -2.30. The molecule has 1 N–H and O–H groups in total. The molecule has 132 valence electrons. The van der Waals surface area contributed by atoms with E-state index >= 15 is 0 Å². The number of fused-ring (bicyclic) bond motifs is 1. The molecule has 0 bridgehead atoms. The number of aryl methyl sites for hydroxylation is 3. The fourth-order valence-electron chi connectivity index (χ4n) is 2.80. The van der Waals surface area contributed by atoms with Gasteiger partial charge in [-0.1, -0.05) is 25.1 Å². The predicted molar refractivity (Wildman–Crippen MR) is 101 cm³/mol. The summed E-state index contributed by atoms with van der Waals surface area (Å²) in [5, 5.41) is 10.9. The number of nitrogens with zero attached hydrogens (tertiary/aromatic N) is 2. The molecular formula is C19H22N2O3S.